The monoisotopic (exact) mass is 343 g/mol. The molecule has 0 atom stereocenters. The molecule has 0 amide bonds. The highest BCUT2D eigenvalue weighted by molar-refractivity contribution is 6.02. The second-order valence-corrected chi connectivity index (χ2v) is 6.48. The van der Waals surface area contributed by atoms with E-state index in [2.05, 4.69) is 20.2 Å². The summed E-state index contributed by atoms with van der Waals surface area (Å²) in [5.41, 5.74) is 1.94. The molecule has 3 heterocycles. The summed E-state index contributed by atoms with van der Waals surface area (Å²) in [5.74, 6) is 0.467. The van der Waals surface area contributed by atoms with Gasteiger partial charge in [-0.05, 0) is 32.8 Å². The highest BCUT2D eigenvalue weighted by atomic mass is 16.6. The second kappa shape index (κ2) is 6.62. The maximum absolute atomic E-state index is 12.6. The van der Waals surface area contributed by atoms with E-state index in [0.717, 1.165) is 5.69 Å². The topological polar surface area (TPSA) is 95.9 Å². The van der Waals surface area contributed by atoms with Crippen molar-refractivity contribution >= 4 is 17.0 Å². The van der Waals surface area contributed by atoms with Gasteiger partial charge in [0, 0.05) is 11.7 Å². The minimum atomic E-state index is -0.464. The molecule has 0 bridgehead atoms. The molecule has 3 rings (SSSR count). The molecular weight excluding hydrogens is 322 g/mol. The van der Waals surface area contributed by atoms with Crippen molar-refractivity contribution in [2.75, 3.05) is 0 Å². The van der Waals surface area contributed by atoms with Gasteiger partial charge < -0.3 is 9.26 Å². The van der Waals surface area contributed by atoms with Crippen LogP contribution in [0.5, 0.6) is 0 Å². The minimum Gasteiger partial charge on any atom is -0.452 e. The van der Waals surface area contributed by atoms with Gasteiger partial charge >= 0.3 is 5.97 Å². The normalized spacial score (nSPS) is 11.6. The Morgan fingerprint density at radius 2 is 2.04 bits per heavy atom. The Balaban J connectivity index is 1.97. The first-order valence-corrected chi connectivity index (χ1v) is 8.21. The van der Waals surface area contributed by atoms with Gasteiger partial charge in [-0.2, -0.15) is 10.1 Å². The highest BCUT2D eigenvalue weighted by Gasteiger charge is 2.20. The standard InChI is InChI=1S/C17H21N5O3/c1-9(2)14-6-12(13-7-18-22(10(3)4)16(13)20-14)17(23)24-8-15-19-11(5)21-25-15/h6-7,9-10H,8H2,1-5H3. The number of ether oxygens (including phenoxy) is 1. The number of rotatable bonds is 5. The van der Waals surface area contributed by atoms with Gasteiger partial charge in [-0.1, -0.05) is 19.0 Å². The lowest BCUT2D eigenvalue weighted by atomic mass is 10.1. The number of pyridine rings is 1. The van der Waals surface area contributed by atoms with Gasteiger partial charge in [-0.15, -0.1) is 0 Å². The molecule has 3 aromatic heterocycles. The predicted octanol–water partition coefficient (Wildman–Crippen LogP) is 3.18. The number of aromatic nitrogens is 5. The quantitative estimate of drug-likeness (QED) is 0.656. The van der Waals surface area contributed by atoms with E-state index in [0.29, 0.717) is 22.4 Å². The van der Waals surface area contributed by atoms with Crippen LogP contribution in [0.4, 0.5) is 0 Å². The summed E-state index contributed by atoms with van der Waals surface area (Å²) >= 11 is 0. The van der Waals surface area contributed by atoms with Crippen LogP contribution in [0.1, 0.15) is 67.4 Å². The zero-order chi connectivity index (χ0) is 18.1. The van der Waals surface area contributed by atoms with Crippen molar-refractivity contribution < 1.29 is 14.1 Å². The maximum atomic E-state index is 12.6. The van der Waals surface area contributed by atoms with Crippen molar-refractivity contribution in [2.45, 2.75) is 53.2 Å². The van der Waals surface area contributed by atoms with Gasteiger partial charge in [0.05, 0.1) is 17.1 Å². The van der Waals surface area contributed by atoms with Gasteiger partial charge in [0.2, 0.25) is 0 Å². The van der Waals surface area contributed by atoms with E-state index in [1.807, 2.05) is 27.7 Å². The van der Waals surface area contributed by atoms with Crippen molar-refractivity contribution in [3.63, 3.8) is 0 Å². The Labute approximate surface area is 145 Å². The smallest absolute Gasteiger partial charge is 0.339 e. The molecular formula is C17H21N5O3. The lowest BCUT2D eigenvalue weighted by Crippen LogP contribution is -2.10. The van der Waals surface area contributed by atoms with E-state index in [9.17, 15) is 4.79 Å². The Kier molecular flexibility index (Phi) is 4.52. The number of hydrogen-bond donors (Lipinski definition) is 0. The van der Waals surface area contributed by atoms with E-state index in [1.54, 1.807) is 23.9 Å². The summed E-state index contributed by atoms with van der Waals surface area (Å²) in [4.78, 5) is 21.3. The first kappa shape index (κ1) is 17.1. The van der Waals surface area contributed by atoms with Crippen molar-refractivity contribution in [3.8, 4) is 0 Å². The van der Waals surface area contributed by atoms with Gasteiger partial charge in [-0.3, -0.25) is 0 Å². The zero-order valence-corrected chi connectivity index (χ0v) is 15.0. The lowest BCUT2D eigenvalue weighted by molar-refractivity contribution is 0.0432. The van der Waals surface area contributed by atoms with Crippen LogP contribution in [0.15, 0.2) is 16.8 Å². The molecule has 0 aromatic carbocycles. The highest BCUT2D eigenvalue weighted by Crippen LogP contribution is 2.25. The van der Waals surface area contributed by atoms with Gasteiger partial charge in [0.1, 0.15) is 0 Å². The molecule has 132 valence electrons. The first-order valence-electron chi connectivity index (χ1n) is 8.21. The summed E-state index contributed by atoms with van der Waals surface area (Å²) in [7, 11) is 0. The van der Waals surface area contributed by atoms with Crippen LogP contribution in [-0.2, 0) is 11.3 Å². The van der Waals surface area contributed by atoms with Crippen LogP contribution in [0, 0.1) is 6.92 Å². The molecule has 0 radical (unpaired) electrons. The molecule has 0 fully saturated rings. The van der Waals surface area contributed by atoms with E-state index in [1.165, 1.54) is 0 Å². The van der Waals surface area contributed by atoms with E-state index >= 15 is 0 Å². The molecule has 0 saturated carbocycles. The molecule has 0 saturated heterocycles. The van der Waals surface area contributed by atoms with Crippen LogP contribution in [-0.4, -0.2) is 30.9 Å². The summed E-state index contributed by atoms with van der Waals surface area (Å²) in [6, 6.07) is 1.90. The fourth-order valence-corrected chi connectivity index (χ4v) is 2.48. The number of hydrogen-bond acceptors (Lipinski definition) is 7. The molecule has 0 unspecified atom stereocenters. The Morgan fingerprint density at radius 3 is 2.64 bits per heavy atom. The Morgan fingerprint density at radius 1 is 1.28 bits per heavy atom. The molecule has 0 spiro atoms. The average molecular weight is 343 g/mol. The zero-order valence-electron chi connectivity index (χ0n) is 15.0. The van der Waals surface area contributed by atoms with Crippen LogP contribution in [0.3, 0.4) is 0 Å². The number of fused-ring (bicyclic) bond motifs is 1. The minimum absolute atomic E-state index is 0.0706. The molecule has 0 aliphatic carbocycles. The third-order valence-electron chi connectivity index (χ3n) is 3.78. The number of aryl methyl sites for hydroxylation is 1. The van der Waals surface area contributed by atoms with Gasteiger partial charge in [0.25, 0.3) is 5.89 Å². The largest absolute Gasteiger partial charge is 0.452 e. The second-order valence-electron chi connectivity index (χ2n) is 6.48. The Bertz CT molecular complexity index is 910. The molecule has 0 N–H and O–H groups in total. The number of carbonyl (C=O) groups is 1. The van der Waals surface area contributed by atoms with E-state index < -0.39 is 5.97 Å². The molecule has 0 aliphatic rings. The summed E-state index contributed by atoms with van der Waals surface area (Å²) < 4.78 is 12.1. The maximum Gasteiger partial charge on any atom is 0.339 e. The van der Waals surface area contributed by atoms with Crippen LogP contribution >= 0.6 is 0 Å². The van der Waals surface area contributed by atoms with Gasteiger partial charge in [0.15, 0.2) is 18.1 Å². The summed E-state index contributed by atoms with van der Waals surface area (Å²) in [6.07, 6.45) is 1.65. The van der Waals surface area contributed by atoms with Crippen LogP contribution in [0.25, 0.3) is 11.0 Å². The molecule has 3 aromatic rings. The van der Waals surface area contributed by atoms with Crippen molar-refractivity contribution in [3.05, 3.63) is 35.2 Å². The van der Waals surface area contributed by atoms with Crippen LogP contribution in [0.2, 0.25) is 0 Å². The molecule has 8 nitrogen and oxygen atoms in total. The molecule has 0 aliphatic heterocycles. The number of esters is 1. The molecule has 8 heteroatoms. The summed E-state index contributed by atoms with van der Waals surface area (Å²) in [6.45, 7) is 9.73. The van der Waals surface area contributed by atoms with Crippen LogP contribution < -0.4 is 0 Å². The molecule has 25 heavy (non-hydrogen) atoms. The lowest BCUT2D eigenvalue weighted by Gasteiger charge is -2.11. The summed E-state index contributed by atoms with van der Waals surface area (Å²) in [5, 5.41) is 8.71. The SMILES string of the molecule is Cc1noc(COC(=O)c2cc(C(C)C)nc3c2cnn3C(C)C)n1. The average Bonchev–Trinajstić information content (AvgIpc) is 3.17. The fourth-order valence-electron chi connectivity index (χ4n) is 2.48. The van der Waals surface area contributed by atoms with Crippen molar-refractivity contribution in [1.82, 2.24) is 24.9 Å². The predicted molar refractivity (Wildman–Crippen MR) is 90.2 cm³/mol. The van der Waals surface area contributed by atoms with Gasteiger partial charge in [-0.25, -0.2) is 14.5 Å². The Hall–Kier alpha value is -2.77. The van der Waals surface area contributed by atoms with Crippen molar-refractivity contribution in [2.24, 2.45) is 0 Å². The van der Waals surface area contributed by atoms with E-state index in [4.69, 9.17) is 9.26 Å². The van der Waals surface area contributed by atoms with E-state index in [-0.39, 0.29) is 24.5 Å². The number of nitrogens with zero attached hydrogens (tertiary/aromatic N) is 5. The third kappa shape index (κ3) is 3.38. The third-order valence-corrected chi connectivity index (χ3v) is 3.78. The fraction of sp³-hybridized carbons (Fsp3) is 0.471. The van der Waals surface area contributed by atoms with Crippen molar-refractivity contribution in [1.29, 1.82) is 0 Å². The number of carbonyl (C=O) groups excluding carboxylic acids is 1. The first-order chi connectivity index (χ1) is 11.9.